The summed E-state index contributed by atoms with van der Waals surface area (Å²) in [6.45, 7) is 0. The molecule has 1 rings (SSSR count). The van der Waals surface area contributed by atoms with Crippen LogP contribution in [-0.4, -0.2) is 11.1 Å². The van der Waals surface area contributed by atoms with Crippen LogP contribution in [0.3, 0.4) is 0 Å². The average molecular weight is 292 g/mol. The first-order chi connectivity index (χ1) is 6.91. The maximum Gasteiger partial charge on any atom is 0.340 e. The van der Waals surface area contributed by atoms with Crippen LogP contribution in [0.25, 0.3) is 0 Å². The van der Waals surface area contributed by atoms with Crippen LogP contribution in [-0.2, 0) is 0 Å². The monoisotopic (exact) mass is 291 g/mol. The molecular weight excluding hydrogens is 288 g/mol. The molecule has 1 aromatic carbocycles. The molecule has 0 aliphatic rings. The number of aromatic carboxylic acids is 1. The zero-order valence-corrected chi connectivity index (χ0v) is 9.49. The van der Waals surface area contributed by atoms with Crippen LogP contribution in [0.5, 0.6) is 0 Å². The topological polar surface area (TPSA) is 63.3 Å². The lowest BCUT2D eigenvalue weighted by Crippen LogP contribution is -2.09. The molecule has 0 amide bonds. The third kappa shape index (κ3) is 1.78. The second-order valence-electron chi connectivity index (χ2n) is 2.56. The molecule has 0 unspecified atom stereocenters. The van der Waals surface area contributed by atoms with E-state index in [0.29, 0.717) is 0 Å². The van der Waals surface area contributed by atoms with Gasteiger partial charge in [-0.3, -0.25) is 0 Å². The Morgan fingerprint density at radius 2 is 2.20 bits per heavy atom. The standard InChI is InChI=1S/C9H4BrClFNO2/c1-2-3-5(10)6(11)7(12)4(8(3)13)9(14)15/h1H,13H2,(H,14,15). The summed E-state index contributed by atoms with van der Waals surface area (Å²) in [6.07, 6.45) is 5.11. The number of anilines is 1. The van der Waals surface area contributed by atoms with Crippen LogP contribution >= 0.6 is 27.5 Å². The van der Waals surface area contributed by atoms with Crippen LogP contribution in [0.1, 0.15) is 15.9 Å². The summed E-state index contributed by atoms with van der Waals surface area (Å²) in [6, 6.07) is 0. The molecule has 0 aliphatic carbocycles. The molecule has 0 atom stereocenters. The predicted octanol–water partition coefficient (Wildman–Crippen LogP) is 2.50. The van der Waals surface area contributed by atoms with Crippen molar-refractivity contribution >= 4 is 39.2 Å². The van der Waals surface area contributed by atoms with Crippen molar-refractivity contribution in [1.29, 1.82) is 0 Å². The number of hydrogen-bond acceptors (Lipinski definition) is 2. The summed E-state index contributed by atoms with van der Waals surface area (Å²) in [4.78, 5) is 10.7. The minimum absolute atomic E-state index is 0.0267. The van der Waals surface area contributed by atoms with Gasteiger partial charge in [0.1, 0.15) is 5.56 Å². The van der Waals surface area contributed by atoms with Crippen LogP contribution in [0, 0.1) is 18.2 Å². The third-order valence-electron chi connectivity index (χ3n) is 1.72. The highest BCUT2D eigenvalue weighted by molar-refractivity contribution is 9.10. The Kier molecular flexibility index (Phi) is 3.22. The van der Waals surface area contributed by atoms with Crippen molar-refractivity contribution in [2.75, 3.05) is 5.73 Å². The number of terminal acetylenes is 1. The smallest absolute Gasteiger partial charge is 0.340 e. The Bertz CT molecular complexity index is 496. The molecule has 0 aromatic heterocycles. The highest BCUT2D eigenvalue weighted by Gasteiger charge is 2.23. The normalized spacial score (nSPS) is 9.73. The fourth-order valence-electron chi connectivity index (χ4n) is 1.03. The van der Waals surface area contributed by atoms with E-state index in [1.807, 2.05) is 0 Å². The highest BCUT2D eigenvalue weighted by atomic mass is 79.9. The van der Waals surface area contributed by atoms with Gasteiger partial charge in [-0.25, -0.2) is 9.18 Å². The molecule has 78 valence electrons. The maximum absolute atomic E-state index is 13.4. The first-order valence-corrected chi connectivity index (χ1v) is 4.74. The van der Waals surface area contributed by atoms with E-state index in [9.17, 15) is 9.18 Å². The number of nitrogen functional groups attached to an aromatic ring is 1. The van der Waals surface area contributed by atoms with Crippen molar-refractivity contribution in [2.45, 2.75) is 0 Å². The van der Waals surface area contributed by atoms with Crippen LogP contribution < -0.4 is 5.73 Å². The molecule has 3 N–H and O–H groups in total. The quantitative estimate of drug-likeness (QED) is 0.475. The molecule has 0 heterocycles. The van der Waals surface area contributed by atoms with Crippen LogP contribution in [0.4, 0.5) is 10.1 Å². The van der Waals surface area contributed by atoms with E-state index in [4.69, 9.17) is 28.9 Å². The summed E-state index contributed by atoms with van der Waals surface area (Å²) >= 11 is 8.48. The largest absolute Gasteiger partial charge is 0.478 e. The van der Waals surface area contributed by atoms with Gasteiger partial charge in [0, 0.05) is 0 Å². The van der Waals surface area contributed by atoms with Crippen LogP contribution in [0.2, 0.25) is 5.02 Å². The Morgan fingerprint density at radius 3 is 2.60 bits per heavy atom. The molecule has 3 nitrogen and oxygen atoms in total. The lowest BCUT2D eigenvalue weighted by molar-refractivity contribution is 0.0693. The summed E-state index contributed by atoms with van der Waals surface area (Å²) in [5.41, 5.74) is 4.41. The van der Waals surface area contributed by atoms with Gasteiger partial charge < -0.3 is 10.8 Å². The van der Waals surface area contributed by atoms with Gasteiger partial charge in [-0.15, -0.1) is 6.42 Å². The summed E-state index contributed by atoms with van der Waals surface area (Å²) < 4.78 is 13.5. The molecule has 1 aromatic rings. The van der Waals surface area contributed by atoms with Gasteiger partial charge in [0.25, 0.3) is 0 Å². The molecule has 0 saturated carbocycles. The first kappa shape index (κ1) is 11.8. The summed E-state index contributed by atoms with van der Waals surface area (Å²) in [5, 5.41) is 8.33. The summed E-state index contributed by atoms with van der Waals surface area (Å²) in [5.74, 6) is -0.481. The first-order valence-electron chi connectivity index (χ1n) is 3.57. The second kappa shape index (κ2) is 4.09. The SMILES string of the molecule is C#Cc1c(N)c(C(=O)O)c(F)c(Cl)c1Br. The van der Waals surface area contributed by atoms with Crippen LogP contribution in [0.15, 0.2) is 4.47 Å². The van der Waals surface area contributed by atoms with Crippen molar-refractivity contribution in [1.82, 2.24) is 0 Å². The van der Waals surface area contributed by atoms with Crippen molar-refractivity contribution in [3.05, 3.63) is 26.4 Å². The predicted molar refractivity (Wildman–Crippen MR) is 58.4 cm³/mol. The molecule has 0 radical (unpaired) electrons. The van der Waals surface area contributed by atoms with Gasteiger partial charge in [-0.05, 0) is 15.9 Å². The van der Waals surface area contributed by atoms with Gasteiger partial charge in [-0.2, -0.15) is 0 Å². The van der Waals surface area contributed by atoms with Crippen molar-refractivity contribution < 1.29 is 14.3 Å². The Labute approximate surface area is 98.2 Å². The average Bonchev–Trinajstić information content (AvgIpc) is 2.15. The van der Waals surface area contributed by atoms with E-state index in [0.717, 1.165) is 0 Å². The van der Waals surface area contributed by atoms with E-state index >= 15 is 0 Å². The fraction of sp³-hybridized carbons (Fsp3) is 0. The lowest BCUT2D eigenvalue weighted by Gasteiger charge is -2.09. The Balaban J connectivity index is 3.78. The maximum atomic E-state index is 13.4. The van der Waals surface area contributed by atoms with Crippen molar-refractivity contribution in [2.24, 2.45) is 0 Å². The van der Waals surface area contributed by atoms with E-state index in [1.54, 1.807) is 0 Å². The molecule has 0 aliphatic heterocycles. The lowest BCUT2D eigenvalue weighted by atomic mass is 10.1. The summed E-state index contributed by atoms with van der Waals surface area (Å²) in [7, 11) is 0. The van der Waals surface area contributed by atoms with E-state index in [-0.39, 0.29) is 15.7 Å². The number of carboxylic acid groups (broad SMARTS) is 1. The zero-order chi connectivity index (χ0) is 11.7. The third-order valence-corrected chi connectivity index (χ3v) is 3.10. The fourth-order valence-corrected chi connectivity index (χ4v) is 1.72. The van der Waals surface area contributed by atoms with Crippen molar-refractivity contribution in [3.63, 3.8) is 0 Å². The molecule has 0 fully saturated rings. The molecular formula is C9H4BrClFNO2. The second-order valence-corrected chi connectivity index (χ2v) is 3.73. The molecule has 6 heteroatoms. The minimum Gasteiger partial charge on any atom is -0.478 e. The number of rotatable bonds is 1. The Hall–Kier alpha value is -1.25. The van der Waals surface area contributed by atoms with Gasteiger partial charge in [0.15, 0.2) is 5.82 Å². The van der Waals surface area contributed by atoms with Gasteiger partial charge in [0.05, 0.1) is 20.7 Å². The van der Waals surface area contributed by atoms with Gasteiger partial charge in [0.2, 0.25) is 0 Å². The van der Waals surface area contributed by atoms with E-state index < -0.39 is 22.4 Å². The number of benzene rings is 1. The zero-order valence-electron chi connectivity index (χ0n) is 7.14. The number of hydrogen-bond donors (Lipinski definition) is 2. The number of carboxylic acids is 1. The van der Waals surface area contributed by atoms with E-state index in [1.165, 1.54) is 0 Å². The molecule has 0 saturated heterocycles. The minimum atomic E-state index is -1.52. The number of halogens is 3. The Morgan fingerprint density at radius 1 is 1.67 bits per heavy atom. The number of carbonyl (C=O) groups is 1. The van der Waals surface area contributed by atoms with E-state index in [2.05, 4.69) is 21.9 Å². The molecule has 0 spiro atoms. The molecule has 15 heavy (non-hydrogen) atoms. The van der Waals surface area contributed by atoms with Crippen molar-refractivity contribution in [3.8, 4) is 12.3 Å². The molecule has 0 bridgehead atoms. The van der Waals surface area contributed by atoms with Gasteiger partial charge >= 0.3 is 5.97 Å². The number of nitrogens with two attached hydrogens (primary N) is 1. The highest BCUT2D eigenvalue weighted by Crippen LogP contribution is 2.35. The van der Waals surface area contributed by atoms with Gasteiger partial charge in [-0.1, -0.05) is 17.5 Å².